The summed E-state index contributed by atoms with van der Waals surface area (Å²) in [6.07, 6.45) is 0. The summed E-state index contributed by atoms with van der Waals surface area (Å²) in [6.45, 7) is -0.363. The van der Waals surface area contributed by atoms with Crippen LogP contribution in [0, 0.1) is 0 Å². The van der Waals surface area contributed by atoms with Crippen LogP contribution in [0.5, 0.6) is 5.75 Å². The van der Waals surface area contributed by atoms with Gasteiger partial charge in [0.1, 0.15) is 18.8 Å². The van der Waals surface area contributed by atoms with Crippen LogP contribution in [0.15, 0.2) is 24.3 Å². The molecule has 6 nitrogen and oxygen atoms in total. The summed E-state index contributed by atoms with van der Waals surface area (Å²) in [5.41, 5.74) is 0.0787. The van der Waals surface area contributed by atoms with Gasteiger partial charge >= 0.3 is 0 Å². The Bertz CT molecular complexity index is 482. The first-order chi connectivity index (χ1) is 8.08. The highest BCUT2D eigenvalue weighted by Gasteiger charge is 2.28. The lowest BCUT2D eigenvalue weighted by molar-refractivity contribution is -0.135. The SMILES string of the molecule is O=C1CN(C(=O)c2ccccc2O)CC(=O)N1. The average molecular weight is 234 g/mol. The molecule has 88 valence electrons. The molecule has 1 saturated heterocycles. The van der Waals surface area contributed by atoms with Crippen LogP contribution >= 0.6 is 0 Å². The average Bonchev–Trinajstić information content (AvgIpc) is 2.27. The standard InChI is InChI=1S/C11H10N2O4/c14-8-4-2-1-3-7(8)11(17)13-5-9(15)12-10(16)6-13/h1-4,14H,5-6H2,(H,12,15,16). The maximum Gasteiger partial charge on any atom is 0.258 e. The van der Waals surface area contributed by atoms with Crippen molar-refractivity contribution in [2.45, 2.75) is 0 Å². The van der Waals surface area contributed by atoms with Gasteiger partial charge < -0.3 is 10.0 Å². The number of hydrogen-bond donors (Lipinski definition) is 2. The van der Waals surface area contributed by atoms with Crippen molar-refractivity contribution in [2.75, 3.05) is 13.1 Å². The molecule has 0 bridgehead atoms. The van der Waals surface area contributed by atoms with Crippen LogP contribution in [0.1, 0.15) is 10.4 Å². The molecule has 0 spiro atoms. The van der Waals surface area contributed by atoms with E-state index < -0.39 is 17.7 Å². The molecule has 0 unspecified atom stereocenters. The molecular weight excluding hydrogens is 224 g/mol. The number of aromatic hydroxyl groups is 1. The second-order valence-electron chi connectivity index (χ2n) is 3.65. The number of phenolic OH excluding ortho intramolecular Hbond substituents is 1. The highest BCUT2D eigenvalue weighted by atomic mass is 16.3. The highest BCUT2D eigenvalue weighted by molar-refractivity contribution is 6.06. The Kier molecular flexibility index (Phi) is 2.78. The monoisotopic (exact) mass is 234 g/mol. The third kappa shape index (κ3) is 2.25. The van der Waals surface area contributed by atoms with Gasteiger partial charge in [0, 0.05) is 0 Å². The first kappa shape index (κ1) is 11.1. The molecule has 1 fully saturated rings. The molecule has 1 aromatic carbocycles. The summed E-state index contributed by atoms with van der Waals surface area (Å²) in [5, 5.41) is 11.6. The van der Waals surface area contributed by atoms with Crippen LogP contribution in [0.2, 0.25) is 0 Å². The molecule has 0 aliphatic carbocycles. The van der Waals surface area contributed by atoms with Gasteiger partial charge in [-0.25, -0.2) is 0 Å². The topological polar surface area (TPSA) is 86.7 Å². The van der Waals surface area contributed by atoms with Crippen molar-refractivity contribution in [3.63, 3.8) is 0 Å². The predicted octanol–water partition coefficient (Wildman–Crippen LogP) is -0.509. The normalized spacial score (nSPS) is 15.6. The van der Waals surface area contributed by atoms with Crippen LogP contribution in [-0.2, 0) is 9.59 Å². The summed E-state index contributed by atoms with van der Waals surface area (Å²) < 4.78 is 0. The molecule has 6 heteroatoms. The van der Waals surface area contributed by atoms with Gasteiger partial charge in [0.2, 0.25) is 11.8 Å². The number of phenols is 1. The van der Waals surface area contributed by atoms with Crippen LogP contribution in [-0.4, -0.2) is 40.8 Å². The van der Waals surface area contributed by atoms with Gasteiger partial charge in [0.25, 0.3) is 5.91 Å². The molecule has 1 aromatic rings. The Morgan fingerprint density at radius 1 is 1.18 bits per heavy atom. The lowest BCUT2D eigenvalue weighted by atomic mass is 10.1. The van der Waals surface area contributed by atoms with Crippen molar-refractivity contribution >= 4 is 17.7 Å². The summed E-state index contributed by atoms with van der Waals surface area (Å²) >= 11 is 0. The van der Waals surface area contributed by atoms with Gasteiger partial charge in [-0.3, -0.25) is 19.7 Å². The zero-order valence-corrected chi connectivity index (χ0v) is 8.84. The molecule has 0 radical (unpaired) electrons. The number of para-hydroxylation sites is 1. The van der Waals surface area contributed by atoms with E-state index in [1.165, 1.54) is 12.1 Å². The third-order valence-electron chi connectivity index (χ3n) is 2.37. The zero-order chi connectivity index (χ0) is 12.4. The van der Waals surface area contributed by atoms with E-state index in [-0.39, 0.29) is 24.4 Å². The lowest BCUT2D eigenvalue weighted by Gasteiger charge is -2.25. The molecule has 2 N–H and O–H groups in total. The largest absolute Gasteiger partial charge is 0.507 e. The Balaban J connectivity index is 2.23. The smallest absolute Gasteiger partial charge is 0.258 e. The first-order valence-electron chi connectivity index (χ1n) is 4.98. The van der Waals surface area contributed by atoms with Crippen LogP contribution in [0.25, 0.3) is 0 Å². The van der Waals surface area contributed by atoms with E-state index in [0.29, 0.717) is 0 Å². The van der Waals surface area contributed by atoms with Crippen molar-refractivity contribution in [2.24, 2.45) is 0 Å². The molecule has 0 atom stereocenters. The van der Waals surface area contributed by atoms with E-state index in [1.807, 2.05) is 0 Å². The number of nitrogens with zero attached hydrogens (tertiary/aromatic N) is 1. The number of piperazine rings is 1. The minimum absolute atomic E-state index is 0.0787. The molecule has 3 amide bonds. The maximum absolute atomic E-state index is 11.9. The van der Waals surface area contributed by atoms with Gasteiger partial charge in [-0.05, 0) is 12.1 Å². The van der Waals surface area contributed by atoms with E-state index in [0.717, 1.165) is 4.90 Å². The van der Waals surface area contributed by atoms with Gasteiger partial charge in [0.15, 0.2) is 0 Å². The van der Waals surface area contributed by atoms with Gasteiger partial charge in [-0.15, -0.1) is 0 Å². The second-order valence-corrected chi connectivity index (χ2v) is 3.65. The van der Waals surface area contributed by atoms with Gasteiger partial charge in [-0.1, -0.05) is 12.1 Å². The second kappa shape index (κ2) is 4.25. The zero-order valence-electron chi connectivity index (χ0n) is 8.84. The first-order valence-corrected chi connectivity index (χ1v) is 4.98. The number of benzene rings is 1. The van der Waals surface area contributed by atoms with Crippen LogP contribution in [0.3, 0.4) is 0 Å². The van der Waals surface area contributed by atoms with E-state index in [2.05, 4.69) is 5.32 Å². The number of hydrogen-bond acceptors (Lipinski definition) is 4. The minimum Gasteiger partial charge on any atom is -0.507 e. The number of imide groups is 1. The molecule has 1 aliphatic heterocycles. The summed E-state index contributed by atoms with van der Waals surface area (Å²) in [5.74, 6) is -1.75. The Hall–Kier alpha value is -2.37. The Morgan fingerprint density at radius 3 is 2.35 bits per heavy atom. The van der Waals surface area contributed by atoms with Crippen molar-refractivity contribution < 1.29 is 19.5 Å². The Labute approximate surface area is 96.8 Å². The summed E-state index contributed by atoms with van der Waals surface area (Å²) in [4.78, 5) is 35.3. The fraction of sp³-hybridized carbons (Fsp3) is 0.182. The van der Waals surface area contributed by atoms with Crippen molar-refractivity contribution in [1.29, 1.82) is 0 Å². The van der Waals surface area contributed by atoms with Crippen molar-refractivity contribution in [3.05, 3.63) is 29.8 Å². The van der Waals surface area contributed by atoms with E-state index in [1.54, 1.807) is 12.1 Å². The maximum atomic E-state index is 11.9. The number of carbonyl (C=O) groups is 3. The van der Waals surface area contributed by atoms with Gasteiger partial charge in [0.05, 0.1) is 5.56 Å². The van der Waals surface area contributed by atoms with E-state index in [9.17, 15) is 19.5 Å². The van der Waals surface area contributed by atoms with E-state index in [4.69, 9.17) is 0 Å². The van der Waals surface area contributed by atoms with E-state index >= 15 is 0 Å². The van der Waals surface area contributed by atoms with Crippen LogP contribution in [0.4, 0.5) is 0 Å². The molecular formula is C11H10N2O4. The number of rotatable bonds is 1. The van der Waals surface area contributed by atoms with Crippen molar-refractivity contribution in [3.8, 4) is 5.75 Å². The summed E-state index contributed by atoms with van der Waals surface area (Å²) in [6, 6.07) is 5.99. The fourth-order valence-corrected chi connectivity index (χ4v) is 1.61. The fourth-order valence-electron chi connectivity index (χ4n) is 1.61. The molecule has 2 rings (SSSR count). The molecule has 0 saturated carbocycles. The number of carbonyl (C=O) groups excluding carboxylic acids is 3. The molecule has 1 heterocycles. The highest BCUT2D eigenvalue weighted by Crippen LogP contribution is 2.18. The quantitative estimate of drug-likeness (QED) is 0.641. The Morgan fingerprint density at radius 2 is 1.76 bits per heavy atom. The summed E-state index contributed by atoms with van der Waals surface area (Å²) in [7, 11) is 0. The third-order valence-corrected chi connectivity index (χ3v) is 2.37. The molecule has 0 aromatic heterocycles. The lowest BCUT2D eigenvalue weighted by Crippen LogP contribution is -2.53. The minimum atomic E-state index is -0.536. The van der Waals surface area contributed by atoms with Gasteiger partial charge in [-0.2, -0.15) is 0 Å². The molecule has 17 heavy (non-hydrogen) atoms. The van der Waals surface area contributed by atoms with Crippen molar-refractivity contribution in [1.82, 2.24) is 10.2 Å². The number of nitrogens with one attached hydrogen (secondary N) is 1. The predicted molar refractivity (Wildman–Crippen MR) is 57.2 cm³/mol. The molecule has 1 aliphatic rings. The van der Waals surface area contributed by atoms with Crippen LogP contribution < -0.4 is 5.32 Å². The number of amides is 3.